The van der Waals surface area contributed by atoms with Crippen molar-refractivity contribution in [3.63, 3.8) is 0 Å². The standard InChI is InChI=1S/C12H17ClN2O2/c1-2-17-12(5-3-4-6-12)11-14-9(8-13)7-10(16)15-11/h7H,2-6,8H2,1H3,(H,14,15,16). The van der Waals surface area contributed by atoms with E-state index in [0.717, 1.165) is 25.7 Å². The van der Waals surface area contributed by atoms with Crippen molar-refractivity contribution in [1.82, 2.24) is 9.97 Å². The minimum atomic E-state index is -0.407. The van der Waals surface area contributed by atoms with Gasteiger partial charge in [-0.1, -0.05) is 0 Å². The number of nitrogens with one attached hydrogen (secondary N) is 1. The van der Waals surface area contributed by atoms with Gasteiger partial charge in [-0.05, 0) is 32.6 Å². The fraction of sp³-hybridized carbons (Fsp3) is 0.667. The molecule has 1 fully saturated rings. The summed E-state index contributed by atoms with van der Waals surface area (Å²) in [5.41, 5.74) is 0.0451. The van der Waals surface area contributed by atoms with E-state index in [2.05, 4.69) is 9.97 Å². The van der Waals surface area contributed by atoms with Crippen LogP contribution in [0.3, 0.4) is 0 Å². The Kier molecular flexibility index (Phi) is 3.84. The van der Waals surface area contributed by atoms with E-state index in [4.69, 9.17) is 16.3 Å². The van der Waals surface area contributed by atoms with Crippen LogP contribution < -0.4 is 5.56 Å². The van der Waals surface area contributed by atoms with Crippen molar-refractivity contribution in [2.75, 3.05) is 6.61 Å². The van der Waals surface area contributed by atoms with Crippen molar-refractivity contribution in [3.8, 4) is 0 Å². The van der Waals surface area contributed by atoms with Gasteiger partial charge in [0.25, 0.3) is 5.56 Å². The third kappa shape index (κ3) is 2.53. The van der Waals surface area contributed by atoms with Crippen molar-refractivity contribution < 1.29 is 4.74 Å². The molecule has 1 saturated carbocycles. The Balaban J connectivity index is 2.42. The number of nitrogens with zero attached hydrogens (tertiary/aromatic N) is 1. The molecule has 4 nitrogen and oxygen atoms in total. The topological polar surface area (TPSA) is 55.0 Å². The molecular formula is C12H17ClN2O2. The van der Waals surface area contributed by atoms with E-state index in [0.29, 0.717) is 18.1 Å². The second-order valence-corrected chi connectivity index (χ2v) is 4.62. The smallest absolute Gasteiger partial charge is 0.251 e. The van der Waals surface area contributed by atoms with Crippen molar-refractivity contribution in [2.24, 2.45) is 0 Å². The van der Waals surface area contributed by atoms with Crippen molar-refractivity contribution in [1.29, 1.82) is 0 Å². The van der Waals surface area contributed by atoms with Crippen LogP contribution in [0, 0.1) is 0 Å². The Labute approximate surface area is 105 Å². The highest BCUT2D eigenvalue weighted by molar-refractivity contribution is 6.16. The molecule has 1 aromatic rings. The maximum Gasteiger partial charge on any atom is 0.251 e. The van der Waals surface area contributed by atoms with Crippen molar-refractivity contribution in [2.45, 2.75) is 44.1 Å². The molecule has 0 aliphatic heterocycles. The van der Waals surface area contributed by atoms with Gasteiger partial charge in [-0.25, -0.2) is 4.98 Å². The van der Waals surface area contributed by atoms with Crippen LogP contribution in [-0.2, 0) is 16.2 Å². The number of aromatic nitrogens is 2. The first-order valence-electron chi connectivity index (χ1n) is 6.01. The molecule has 0 spiro atoms. The Morgan fingerprint density at radius 3 is 2.82 bits per heavy atom. The van der Waals surface area contributed by atoms with Crippen molar-refractivity contribution in [3.05, 3.63) is 27.9 Å². The zero-order valence-electron chi connectivity index (χ0n) is 9.96. The van der Waals surface area contributed by atoms with E-state index in [1.54, 1.807) is 0 Å². The molecule has 0 atom stereocenters. The van der Waals surface area contributed by atoms with Gasteiger partial charge in [-0.3, -0.25) is 4.79 Å². The number of H-pyrrole nitrogens is 1. The molecule has 1 aromatic heterocycles. The quantitative estimate of drug-likeness (QED) is 0.841. The molecule has 1 aliphatic carbocycles. The summed E-state index contributed by atoms with van der Waals surface area (Å²) < 4.78 is 5.86. The first-order chi connectivity index (χ1) is 8.20. The number of aromatic amines is 1. The van der Waals surface area contributed by atoms with E-state index in [-0.39, 0.29) is 11.4 Å². The number of rotatable bonds is 4. The third-order valence-electron chi connectivity index (χ3n) is 3.20. The van der Waals surface area contributed by atoms with Gasteiger partial charge < -0.3 is 9.72 Å². The first kappa shape index (κ1) is 12.6. The Morgan fingerprint density at radius 1 is 1.53 bits per heavy atom. The molecule has 2 rings (SSSR count). The lowest BCUT2D eigenvalue weighted by molar-refractivity contribution is -0.0459. The summed E-state index contributed by atoms with van der Waals surface area (Å²) in [6.07, 6.45) is 4.04. The molecule has 5 heteroatoms. The zero-order valence-corrected chi connectivity index (χ0v) is 10.7. The first-order valence-corrected chi connectivity index (χ1v) is 6.54. The molecule has 0 bridgehead atoms. The molecular weight excluding hydrogens is 240 g/mol. The van der Waals surface area contributed by atoms with Crippen molar-refractivity contribution >= 4 is 11.6 Å². The molecule has 0 unspecified atom stereocenters. The summed E-state index contributed by atoms with van der Waals surface area (Å²) in [5.74, 6) is 0.888. The molecule has 17 heavy (non-hydrogen) atoms. The fourth-order valence-electron chi connectivity index (χ4n) is 2.46. The van der Waals surface area contributed by atoms with E-state index < -0.39 is 5.60 Å². The highest BCUT2D eigenvalue weighted by atomic mass is 35.5. The minimum absolute atomic E-state index is 0.156. The van der Waals surface area contributed by atoms with Gasteiger partial charge in [-0.15, -0.1) is 11.6 Å². The maximum atomic E-state index is 11.6. The summed E-state index contributed by atoms with van der Waals surface area (Å²) in [6, 6.07) is 1.44. The Hall–Kier alpha value is -0.870. The van der Waals surface area contributed by atoms with Crippen LogP contribution in [0.15, 0.2) is 10.9 Å². The zero-order chi connectivity index (χ0) is 12.3. The highest BCUT2D eigenvalue weighted by Gasteiger charge is 2.38. The Bertz CT molecular complexity index is 438. The summed E-state index contributed by atoms with van der Waals surface area (Å²) in [5, 5.41) is 0. The average molecular weight is 257 g/mol. The van der Waals surface area contributed by atoms with Crippen LogP contribution in [0.25, 0.3) is 0 Å². The lowest BCUT2D eigenvalue weighted by Gasteiger charge is -2.27. The van der Waals surface area contributed by atoms with E-state index in [9.17, 15) is 4.79 Å². The van der Waals surface area contributed by atoms with Crippen LogP contribution in [0.5, 0.6) is 0 Å². The highest BCUT2D eigenvalue weighted by Crippen LogP contribution is 2.40. The monoisotopic (exact) mass is 256 g/mol. The molecule has 0 aromatic carbocycles. The molecule has 1 N–H and O–H groups in total. The van der Waals surface area contributed by atoms with Gasteiger partial charge in [-0.2, -0.15) is 0 Å². The lowest BCUT2D eigenvalue weighted by atomic mass is 10.0. The third-order valence-corrected chi connectivity index (χ3v) is 3.47. The number of halogens is 1. The number of hydrogen-bond acceptors (Lipinski definition) is 3. The number of alkyl halides is 1. The van der Waals surface area contributed by atoms with Crippen LogP contribution >= 0.6 is 11.6 Å². The molecule has 1 heterocycles. The second-order valence-electron chi connectivity index (χ2n) is 4.35. The number of hydrogen-bond donors (Lipinski definition) is 1. The van der Waals surface area contributed by atoms with Gasteiger partial charge in [0.05, 0.1) is 11.6 Å². The lowest BCUT2D eigenvalue weighted by Crippen LogP contribution is -2.31. The summed E-state index contributed by atoms with van der Waals surface area (Å²) in [4.78, 5) is 18.8. The van der Waals surface area contributed by atoms with E-state index >= 15 is 0 Å². The van der Waals surface area contributed by atoms with Gasteiger partial charge in [0.2, 0.25) is 0 Å². The van der Waals surface area contributed by atoms with Gasteiger partial charge in [0, 0.05) is 12.7 Å². The fourth-order valence-corrected chi connectivity index (χ4v) is 2.60. The predicted molar refractivity (Wildman–Crippen MR) is 66.2 cm³/mol. The molecule has 0 amide bonds. The largest absolute Gasteiger partial charge is 0.367 e. The van der Waals surface area contributed by atoms with E-state index in [1.165, 1.54) is 6.07 Å². The van der Waals surface area contributed by atoms with Crippen LogP contribution in [0.2, 0.25) is 0 Å². The summed E-state index contributed by atoms with van der Waals surface area (Å²) in [6.45, 7) is 2.58. The predicted octanol–water partition coefficient (Wildman–Crippen LogP) is 2.31. The molecule has 0 radical (unpaired) electrons. The van der Waals surface area contributed by atoms with E-state index in [1.807, 2.05) is 6.92 Å². The van der Waals surface area contributed by atoms with Crippen LogP contribution in [0.1, 0.15) is 44.1 Å². The number of ether oxygens (including phenoxy) is 1. The molecule has 0 saturated heterocycles. The van der Waals surface area contributed by atoms with Gasteiger partial charge in [0.1, 0.15) is 11.4 Å². The van der Waals surface area contributed by atoms with Gasteiger partial charge in [0.15, 0.2) is 0 Å². The van der Waals surface area contributed by atoms with Crippen LogP contribution in [0.4, 0.5) is 0 Å². The SMILES string of the molecule is CCOC1(c2nc(CCl)cc(=O)[nH]2)CCCC1. The summed E-state index contributed by atoms with van der Waals surface area (Å²) in [7, 11) is 0. The average Bonchev–Trinajstić information content (AvgIpc) is 2.78. The second kappa shape index (κ2) is 5.19. The normalized spacial score (nSPS) is 18.5. The van der Waals surface area contributed by atoms with Crippen LogP contribution in [-0.4, -0.2) is 16.6 Å². The Morgan fingerprint density at radius 2 is 2.24 bits per heavy atom. The summed E-state index contributed by atoms with van der Waals surface area (Å²) >= 11 is 5.74. The molecule has 1 aliphatic rings. The maximum absolute atomic E-state index is 11.6. The van der Waals surface area contributed by atoms with Gasteiger partial charge >= 0.3 is 0 Å². The molecule has 94 valence electrons. The minimum Gasteiger partial charge on any atom is -0.367 e.